The number of nitrogens with zero attached hydrogens (tertiary/aromatic N) is 1. The van der Waals surface area contributed by atoms with Crippen molar-refractivity contribution in [3.05, 3.63) is 47.5 Å². The molecule has 0 saturated carbocycles. The highest BCUT2D eigenvalue weighted by Gasteiger charge is 2.23. The number of aryl methyl sites for hydroxylation is 2. The first-order valence-corrected chi connectivity index (χ1v) is 11.0. The number of carbonyl (C=O) groups is 1. The van der Waals surface area contributed by atoms with Crippen LogP contribution in [0.25, 0.3) is 0 Å². The molecule has 2 N–H and O–H groups in total. The summed E-state index contributed by atoms with van der Waals surface area (Å²) in [6, 6.07) is 10.4. The number of benzene rings is 2. The van der Waals surface area contributed by atoms with Crippen LogP contribution in [0.3, 0.4) is 0 Å². The number of amides is 1. The number of hydrogen-bond acceptors (Lipinski definition) is 5. The third-order valence-electron chi connectivity index (χ3n) is 4.61. The van der Waals surface area contributed by atoms with Crippen molar-refractivity contribution < 1.29 is 17.9 Å². The third kappa shape index (κ3) is 5.48. The molecule has 0 heterocycles. The quantitative estimate of drug-likeness (QED) is 0.650. The van der Waals surface area contributed by atoms with Gasteiger partial charge in [-0.05, 0) is 43.7 Å². The Morgan fingerprint density at radius 1 is 1.03 bits per heavy atom. The molecule has 0 unspecified atom stereocenters. The lowest BCUT2D eigenvalue weighted by atomic mass is 10.1. The van der Waals surface area contributed by atoms with Crippen molar-refractivity contribution in [2.24, 2.45) is 0 Å². The molecule has 0 spiro atoms. The summed E-state index contributed by atoms with van der Waals surface area (Å²) in [5, 5.41) is 5.84. The van der Waals surface area contributed by atoms with Gasteiger partial charge in [0, 0.05) is 18.8 Å². The van der Waals surface area contributed by atoms with Crippen molar-refractivity contribution in [2.75, 3.05) is 37.4 Å². The largest absolute Gasteiger partial charge is 0.495 e. The fraction of sp³-hybridized carbons (Fsp3) is 0.381. The molecule has 0 aliphatic heterocycles. The molecule has 0 bridgehead atoms. The summed E-state index contributed by atoms with van der Waals surface area (Å²) in [4.78, 5) is 12.5. The first-order valence-electron chi connectivity index (χ1n) is 9.52. The lowest BCUT2D eigenvalue weighted by Crippen LogP contribution is -2.30. The Hall–Kier alpha value is -2.58. The first-order chi connectivity index (χ1) is 13.7. The molecule has 0 aromatic heterocycles. The molecule has 1 amide bonds. The van der Waals surface area contributed by atoms with E-state index in [2.05, 4.69) is 10.6 Å². The third-order valence-corrected chi connectivity index (χ3v) is 6.66. The maximum absolute atomic E-state index is 12.8. The van der Waals surface area contributed by atoms with Crippen molar-refractivity contribution in [3.8, 4) is 5.75 Å². The van der Waals surface area contributed by atoms with Crippen LogP contribution in [0.15, 0.2) is 41.3 Å². The minimum atomic E-state index is -3.61. The van der Waals surface area contributed by atoms with E-state index in [-0.39, 0.29) is 17.3 Å². The Morgan fingerprint density at radius 2 is 1.72 bits per heavy atom. The molecule has 158 valence electrons. The van der Waals surface area contributed by atoms with Crippen molar-refractivity contribution in [1.82, 2.24) is 4.31 Å². The zero-order valence-corrected chi connectivity index (χ0v) is 18.4. The normalized spacial score (nSPS) is 11.4. The molecule has 8 heteroatoms. The van der Waals surface area contributed by atoms with Crippen LogP contribution >= 0.6 is 0 Å². The summed E-state index contributed by atoms with van der Waals surface area (Å²) in [6.45, 7) is 8.24. The highest BCUT2D eigenvalue weighted by molar-refractivity contribution is 7.89. The average molecular weight is 420 g/mol. The predicted molar refractivity (Wildman–Crippen MR) is 116 cm³/mol. The molecule has 0 aliphatic rings. The van der Waals surface area contributed by atoms with E-state index in [1.165, 1.54) is 23.5 Å². The molecule has 2 aromatic carbocycles. The second-order valence-corrected chi connectivity index (χ2v) is 8.61. The van der Waals surface area contributed by atoms with Crippen LogP contribution in [0.4, 0.5) is 11.4 Å². The van der Waals surface area contributed by atoms with Crippen molar-refractivity contribution in [3.63, 3.8) is 0 Å². The zero-order chi connectivity index (χ0) is 21.6. The van der Waals surface area contributed by atoms with Crippen LogP contribution in [0, 0.1) is 13.8 Å². The van der Waals surface area contributed by atoms with Crippen molar-refractivity contribution in [1.29, 1.82) is 0 Å². The molecule has 0 radical (unpaired) electrons. The second kappa shape index (κ2) is 9.76. The summed E-state index contributed by atoms with van der Waals surface area (Å²) in [5.74, 6) is 0.221. The monoisotopic (exact) mass is 419 g/mol. The molecule has 2 aromatic rings. The van der Waals surface area contributed by atoms with Gasteiger partial charge in [-0.2, -0.15) is 4.31 Å². The number of ether oxygens (including phenoxy) is 1. The van der Waals surface area contributed by atoms with E-state index in [1.54, 1.807) is 19.9 Å². The minimum Gasteiger partial charge on any atom is -0.495 e. The zero-order valence-electron chi connectivity index (χ0n) is 17.6. The number of methoxy groups -OCH3 is 1. The standard InChI is InChI=1S/C21H29N3O4S/c1-6-24(7-2)29(26,27)17-9-11-20(28-5)19(13-17)22-14-21(25)23-18-10-8-15(3)12-16(18)4/h8-13,22H,6-7,14H2,1-5H3,(H,23,25). The molecule has 0 atom stereocenters. The van der Waals surface area contributed by atoms with Crippen molar-refractivity contribution in [2.45, 2.75) is 32.6 Å². The Labute approximate surface area is 173 Å². The van der Waals surface area contributed by atoms with Crippen LogP contribution in [0.5, 0.6) is 5.75 Å². The van der Waals surface area contributed by atoms with Crippen LogP contribution in [-0.4, -0.2) is 45.4 Å². The molecule has 0 fully saturated rings. The Bertz CT molecular complexity index is 970. The Morgan fingerprint density at radius 3 is 2.31 bits per heavy atom. The molecule has 2 rings (SSSR count). The maximum atomic E-state index is 12.8. The molecule has 0 aliphatic carbocycles. The van der Waals surface area contributed by atoms with E-state index in [0.29, 0.717) is 24.5 Å². The van der Waals surface area contributed by atoms with E-state index in [4.69, 9.17) is 4.74 Å². The predicted octanol–water partition coefficient (Wildman–Crippen LogP) is 3.39. The topological polar surface area (TPSA) is 87.7 Å². The van der Waals surface area contributed by atoms with Crippen LogP contribution in [0.1, 0.15) is 25.0 Å². The minimum absolute atomic E-state index is 0.0293. The van der Waals surface area contributed by atoms with Gasteiger partial charge in [0.25, 0.3) is 0 Å². The van der Waals surface area contributed by atoms with E-state index in [9.17, 15) is 13.2 Å². The molecular formula is C21H29N3O4S. The lowest BCUT2D eigenvalue weighted by molar-refractivity contribution is -0.114. The van der Waals surface area contributed by atoms with Gasteiger partial charge in [0.15, 0.2) is 0 Å². The summed E-state index contributed by atoms with van der Waals surface area (Å²) in [5.41, 5.74) is 3.28. The lowest BCUT2D eigenvalue weighted by Gasteiger charge is -2.20. The molecular weight excluding hydrogens is 390 g/mol. The van der Waals surface area contributed by atoms with Crippen LogP contribution in [0.2, 0.25) is 0 Å². The molecule has 0 saturated heterocycles. The second-order valence-electron chi connectivity index (χ2n) is 6.67. The highest BCUT2D eigenvalue weighted by atomic mass is 32.2. The van der Waals surface area contributed by atoms with Gasteiger partial charge < -0.3 is 15.4 Å². The van der Waals surface area contributed by atoms with Crippen LogP contribution < -0.4 is 15.4 Å². The summed E-state index contributed by atoms with van der Waals surface area (Å²) in [7, 11) is -2.11. The highest BCUT2D eigenvalue weighted by Crippen LogP contribution is 2.29. The molecule has 7 nitrogen and oxygen atoms in total. The number of hydrogen-bond donors (Lipinski definition) is 2. The molecule has 29 heavy (non-hydrogen) atoms. The first kappa shape index (κ1) is 22.7. The van der Waals surface area contributed by atoms with Gasteiger partial charge >= 0.3 is 0 Å². The number of carbonyl (C=O) groups excluding carboxylic acids is 1. The van der Waals surface area contributed by atoms with Gasteiger partial charge in [-0.1, -0.05) is 31.5 Å². The van der Waals surface area contributed by atoms with E-state index < -0.39 is 10.0 Å². The average Bonchev–Trinajstić information content (AvgIpc) is 2.69. The number of rotatable bonds is 9. The van der Waals surface area contributed by atoms with Gasteiger partial charge in [0.1, 0.15) is 5.75 Å². The summed E-state index contributed by atoms with van der Waals surface area (Å²) < 4.78 is 32.2. The van der Waals surface area contributed by atoms with Gasteiger partial charge in [-0.15, -0.1) is 0 Å². The van der Waals surface area contributed by atoms with E-state index >= 15 is 0 Å². The number of anilines is 2. The van der Waals surface area contributed by atoms with Crippen LogP contribution in [-0.2, 0) is 14.8 Å². The SMILES string of the molecule is CCN(CC)S(=O)(=O)c1ccc(OC)c(NCC(=O)Nc2ccc(C)cc2C)c1. The Balaban J connectivity index is 2.18. The number of nitrogens with one attached hydrogen (secondary N) is 2. The van der Waals surface area contributed by atoms with E-state index in [1.807, 2.05) is 32.0 Å². The van der Waals surface area contributed by atoms with Gasteiger partial charge in [0.2, 0.25) is 15.9 Å². The van der Waals surface area contributed by atoms with Gasteiger partial charge in [-0.25, -0.2) is 8.42 Å². The summed E-state index contributed by atoms with van der Waals surface area (Å²) >= 11 is 0. The smallest absolute Gasteiger partial charge is 0.243 e. The fourth-order valence-electron chi connectivity index (χ4n) is 3.02. The van der Waals surface area contributed by atoms with Gasteiger partial charge in [0.05, 0.1) is 24.2 Å². The fourth-order valence-corrected chi connectivity index (χ4v) is 4.51. The van der Waals surface area contributed by atoms with E-state index in [0.717, 1.165) is 16.8 Å². The van der Waals surface area contributed by atoms with Gasteiger partial charge in [-0.3, -0.25) is 4.79 Å². The maximum Gasteiger partial charge on any atom is 0.243 e. The Kier molecular flexibility index (Phi) is 7.64. The number of sulfonamides is 1. The summed E-state index contributed by atoms with van der Waals surface area (Å²) in [6.07, 6.45) is 0. The van der Waals surface area contributed by atoms with Crippen molar-refractivity contribution >= 4 is 27.3 Å².